The molecule has 0 unspecified atom stereocenters. The number of carbonyl (C=O) groups excluding carboxylic acids is 2. The molecule has 0 aliphatic carbocycles. The Kier molecular flexibility index (Phi) is 3.96. The van der Waals surface area contributed by atoms with Crippen LogP contribution in [0.15, 0.2) is 29.4 Å². The molecule has 1 aromatic rings. The second kappa shape index (κ2) is 5.50. The average Bonchev–Trinajstić information content (AvgIpc) is 2.65. The van der Waals surface area contributed by atoms with Crippen LogP contribution in [0, 0.1) is 0 Å². The molecule has 1 saturated heterocycles. The van der Waals surface area contributed by atoms with Gasteiger partial charge in [0.15, 0.2) is 0 Å². The van der Waals surface area contributed by atoms with Gasteiger partial charge in [-0.25, -0.2) is 0 Å². The highest BCUT2D eigenvalue weighted by Crippen LogP contribution is 2.33. The van der Waals surface area contributed by atoms with Gasteiger partial charge in [0.2, 0.25) is 0 Å². The number of nitrogens with zero attached hydrogens (tertiary/aromatic N) is 2. The molecule has 0 radical (unpaired) electrons. The van der Waals surface area contributed by atoms with E-state index < -0.39 is 17.9 Å². The lowest BCUT2D eigenvalue weighted by atomic mass is 10.2. The summed E-state index contributed by atoms with van der Waals surface area (Å²) >= 11 is 6.11. The van der Waals surface area contributed by atoms with Crippen LogP contribution >= 0.6 is 24.0 Å². The van der Waals surface area contributed by atoms with E-state index in [0.717, 1.165) is 22.2 Å². The van der Waals surface area contributed by atoms with Crippen LogP contribution in [0.25, 0.3) is 6.08 Å². The molecule has 0 spiro atoms. The second-order valence-electron chi connectivity index (χ2n) is 3.83. The highest BCUT2D eigenvalue weighted by atomic mass is 32.2. The first-order valence-electron chi connectivity index (χ1n) is 5.38. The van der Waals surface area contributed by atoms with Crippen LogP contribution in [0.4, 0.5) is 0 Å². The smallest absolute Gasteiger partial charge is 0.266 e. The van der Waals surface area contributed by atoms with Gasteiger partial charge in [-0.2, -0.15) is 0 Å². The summed E-state index contributed by atoms with van der Waals surface area (Å²) in [5, 5.41) is 10.8. The molecule has 0 N–H and O–H groups in total. The number of aliphatic carboxylic acids is 1. The van der Waals surface area contributed by atoms with Gasteiger partial charge in [0.25, 0.3) is 5.91 Å². The minimum atomic E-state index is -1.33. The molecule has 2 heterocycles. The van der Waals surface area contributed by atoms with Gasteiger partial charge in [-0.3, -0.25) is 14.7 Å². The van der Waals surface area contributed by atoms with E-state index in [4.69, 9.17) is 12.2 Å². The molecule has 0 bridgehead atoms. The fraction of sp³-hybridized carbons (Fsp3) is 0.167. The van der Waals surface area contributed by atoms with Gasteiger partial charge in [-0.1, -0.05) is 24.0 Å². The maximum Gasteiger partial charge on any atom is 0.266 e. The van der Waals surface area contributed by atoms with Crippen molar-refractivity contribution in [2.75, 3.05) is 0 Å². The topological polar surface area (TPSA) is 73.3 Å². The number of hydrogen-bond acceptors (Lipinski definition) is 6. The zero-order chi connectivity index (χ0) is 14.0. The van der Waals surface area contributed by atoms with Crippen molar-refractivity contribution in [2.24, 2.45) is 0 Å². The van der Waals surface area contributed by atoms with Crippen molar-refractivity contribution in [3.05, 3.63) is 35.0 Å². The van der Waals surface area contributed by atoms with E-state index in [2.05, 4.69) is 4.98 Å². The van der Waals surface area contributed by atoms with Gasteiger partial charge >= 0.3 is 0 Å². The van der Waals surface area contributed by atoms with Gasteiger partial charge in [-0.05, 0) is 30.7 Å². The number of carboxylic acids is 1. The van der Waals surface area contributed by atoms with Crippen LogP contribution in [-0.2, 0) is 9.59 Å². The SMILES string of the molecule is C[C@H](C(=O)[O-])N1C(=O)C(=Cc2ccncc2)SC1=S. The number of amides is 1. The van der Waals surface area contributed by atoms with Crippen molar-refractivity contribution in [2.45, 2.75) is 13.0 Å². The maximum absolute atomic E-state index is 12.1. The van der Waals surface area contributed by atoms with Gasteiger partial charge in [-0.15, -0.1) is 0 Å². The van der Waals surface area contributed by atoms with Gasteiger partial charge in [0, 0.05) is 12.4 Å². The van der Waals surface area contributed by atoms with Gasteiger partial charge in [0.05, 0.1) is 16.9 Å². The summed E-state index contributed by atoms with van der Waals surface area (Å²) in [5.74, 6) is -1.75. The molecule has 1 aromatic heterocycles. The third-order valence-corrected chi connectivity index (χ3v) is 3.89. The summed E-state index contributed by atoms with van der Waals surface area (Å²) in [4.78, 5) is 28.3. The van der Waals surface area contributed by atoms with E-state index in [-0.39, 0.29) is 4.32 Å². The third-order valence-electron chi connectivity index (χ3n) is 2.56. The lowest BCUT2D eigenvalue weighted by Gasteiger charge is -2.23. The number of hydrogen-bond donors (Lipinski definition) is 0. The normalized spacial score (nSPS) is 19.0. The zero-order valence-electron chi connectivity index (χ0n) is 9.90. The molecular weight excluding hydrogens is 284 g/mol. The summed E-state index contributed by atoms with van der Waals surface area (Å²) in [7, 11) is 0. The van der Waals surface area contributed by atoms with Crippen molar-refractivity contribution >= 4 is 46.3 Å². The fourth-order valence-electron chi connectivity index (χ4n) is 1.53. The predicted molar refractivity (Wildman–Crippen MR) is 73.7 cm³/mol. The fourth-order valence-corrected chi connectivity index (χ4v) is 2.95. The standard InChI is InChI=1S/C12H10N2O3S2/c1-7(11(16)17)14-10(15)9(19-12(14)18)6-8-2-4-13-5-3-8/h2-7H,1H3,(H,16,17)/p-1/t7-/m1/s1. The molecule has 19 heavy (non-hydrogen) atoms. The van der Waals surface area contributed by atoms with Crippen molar-refractivity contribution in [1.82, 2.24) is 9.88 Å². The lowest BCUT2D eigenvalue weighted by Crippen LogP contribution is -2.48. The first-order valence-corrected chi connectivity index (χ1v) is 6.61. The molecule has 7 heteroatoms. The average molecular weight is 293 g/mol. The van der Waals surface area contributed by atoms with Crippen molar-refractivity contribution in [1.29, 1.82) is 0 Å². The minimum absolute atomic E-state index is 0.224. The molecule has 2 rings (SSSR count). The Bertz CT molecular complexity index is 572. The quantitative estimate of drug-likeness (QED) is 0.594. The first-order chi connectivity index (χ1) is 9.00. The number of pyridine rings is 1. The van der Waals surface area contributed by atoms with E-state index in [1.54, 1.807) is 30.6 Å². The largest absolute Gasteiger partial charge is 0.548 e. The van der Waals surface area contributed by atoms with E-state index in [0.29, 0.717) is 4.91 Å². The molecule has 1 aliphatic heterocycles. The van der Waals surface area contributed by atoms with Gasteiger partial charge in [0.1, 0.15) is 4.32 Å². The van der Waals surface area contributed by atoms with Crippen LogP contribution in [0.5, 0.6) is 0 Å². The number of thiocarbonyl (C=S) groups is 1. The number of aromatic nitrogens is 1. The molecule has 1 amide bonds. The molecular formula is C12H9N2O3S2-. The molecule has 1 aliphatic rings. The van der Waals surface area contributed by atoms with Crippen molar-refractivity contribution < 1.29 is 14.7 Å². The van der Waals surface area contributed by atoms with Crippen LogP contribution in [-0.4, -0.2) is 32.1 Å². The summed E-state index contributed by atoms with van der Waals surface area (Å²) in [6.45, 7) is 1.37. The van der Waals surface area contributed by atoms with E-state index in [1.807, 2.05) is 0 Å². The number of thioether (sulfide) groups is 1. The predicted octanol–water partition coefficient (Wildman–Crippen LogP) is 0.421. The highest BCUT2D eigenvalue weighted by molar-refractivity contribution is 8.26. The Hall–Kier alpha value is -1.73. The number of carboxylic acid groups (broad SMARTS) is 1. The zero-order valence-corrected chi connectivity index (χ0v) is 11.5. The van der Waals surface area contributed by atoms with E-state index in [9.17, 15) is 14.7 Å². The second-order valence-corrected chi connectivity index (χ2v) is 5.50. The Morgan fingerprint density at radius 2 is 2.16 bits per heavy atom. The van der Waals surface area contributed by atoms with Crippen molar-refractivity contribution in [3.63, 3.8) is 0 Å². The number of carbonyl (C=O) groups is 2. The maximum atomic E-state index is 12.1. The monoisotopic (exact) mass is 293 g/mol. The van der Waals surface area contributed by atoms with E-state index in [1.165, 1.54) is 6.92 Å². The molecule has 1 atom stereocenters. The Balaban J connectivity index is 2.28. The van der Waals surface area contributed by atoms with Gasteiger partial charge < -0.3 is 9.90 Å². The van der Waals surface area contributed by atoms with Crippen LogP contribution in [0.2, 0.25) is 0 Å². The highest BCUT2D eigenvalue weighted by Gasteiger charge is 2.35. The Morgan fingerprint density at radius 1 is 1.53 bits per heavy atom. The molecule has 0 saturated carbocycles. The molecule has 0 aromatic carbocycles. The van der Waals surface area contributed by atoms with Crippen LogP contribution in [0.1, 0.15) is 12.5 Å². The summed E-state index contributed by atoms with van der Waals surface area (Å²) < 4.78 is 0.224. The Morgan fingerprint density at radius 3 is 2.74 bits per heavy atom. The summed E-state index contributed by atoms with van der Waals surface area (Å²) in [6.07, 6.45) is 4.87. The third kappa shape index (κ3) is 2.82. The molecule has 98 valence electrons. The Labute approximate surface area is 119 Å². The minimum Gasteiger partial charge on any atom is -0.548 e. The van der Waals surface area contributed by atoms with Crippen LogP contribution in [0.3, 0.4) is 0 Å². The lowest BCUT2D eigenvalue weighted by molar-refractivity contribution is -0.309. The molecule has 5 nitrogen and oxygen atoms in total. The number of rotatable bonds is 3. The van der Waals surface area contributed by atoms with E-state index >= 15 is 0 Å². The summed E-state index contributed by atoms with van der Waals surface area (Å²) in [6, 6.07) is 2.42. The summed E-state index contributed by atoms with van der Waals surface area (Å²) in [5.41, 5.74) is 0.802. The van der Waals surface area contributed by atoms with Crippen LogP contribution < -0.4 is 5.11 Å². The first kappa shape index (κ1) is 13.7. The van der Waals surface area contributed by atoms with Crippen molar-refractivity contribution in [3.8, 4) is 0 Å². The molecule has 1 fully saturated rings.